The number of ether oxygens (including phenoxy) is 1. The van der Waals surface area contributed by atoms with Crippen LogP contribution in [-0.2, 0) is 11.3 Å². The van der Waals surface area contributed by atoms with E-state index in [9.17, 15) is 13.2 Å². The Kier molecular flexibility index (Phi) is 8.24. The van der Waals surface area contributed by atoms with Crippen LogP contribution in [0, 0.1) is 0 Å². The van der Waals surface area contributed by atoms with Crippen molar-refractivity contribution in [2.24, 2.45) is 4.99 Å². The first-order valence-corrected chi connectivity index (χ1v) is 8.90. The van der Waals surface area contributed by atoms with E-state index < -0.39 is 12.7 Å². The van der Waals surface area contributed by atoms with Crippen molar-refractivity contribution in [3.8, 4) is 0 Å². The molecular formula is C17H27F3N4O2. The van der Waals surface area contributed by atoms with Crippen LogP contribution in [0.2, 0.25) is 0 Å². The number of furan rings is 1. The zero-order valence-corrected chi connectivity index (χ0v) is 15.0. The molecule has 1 saturated heterocycles. The second kappa shape index (κ2) is 10.4. The molecule has 0 aromatic carbocycles. The molecule has 1 aliphatic heterocycles. The molecule has 0 spiro atoms. The summed E-state index contributed by atoms with van der Waals surface area (Å²) < 4.78 is 48.1. The highest BCUT2D eigenvalue weighted by atomic mass is 19.4. The highest BCUT2D eigenvalue weighted by molar-refractivity contribution is 5.80. The largest absolute Gasteiger partial charge is 0.467 e. The van der Waals surface area contributed by atoms with E-state index >= 15 is 0 Å². The first-order valence-electron chi connectivity index (χ1n) is 8.90. The van der Waals surface area contributed by atoms with Gasteiger partial charge in [0.05, 0.1) is 12.8 Å². The number of aliphatic imine (C=N–C) groups is 1. The normalized spacial score (nSPS) is 19.1. The minimum Gasteiger partial charge on any atom is -0.467 e. The maximum absolute atomic E-state index is 12.5. The number of nitrogens with one attached hydrogen (secondary N) is 2. The number of hydrogen-bond donors (Lipinski definition) is 2. The van der Waals surface area contributed by atoms with Crippen LogP contribution in [0.3, 0.4) is 0 Å². The Morgan fingerprint density at radius 3 is 3.00 bits per heavy atom. The Balaban J connectivity index is 1.66. The third kappa shape index (κ3) is 8.09. The highest BCUT2D eigenvalue weighted by Gasteiger charge is 2.34. The predicted octanol–water partition coefficient (Wildman–Crippen LogP) is 2.38. The lowest BCUT2D eigenvalue weighted by atomic mass is 10.3. The summed E-state index contributed by atoms with van der Waals surface area (Å²) in [5.41, 5.74) is 0. The number of alkyl halides is 3. The molecule has 1 atom stereocenters. The summed E-state index contributed by atoms with van der Waals surface area (Å²) in [6.45, 7) is 4.18. The fourth-order valence-electron chi connectivity index (χ4n) is 2.79. The molecule has 2 N–H and O–H groups in total. The van der Waals surface area contributed by atoms with E-state index in [1.165, 1.54) is 4.90 Å². The van der Waals surface area contributed by atoms with Crippen LogP contribution in [0.15, 0.2) is 27.8 Å². The van der Waals surface area contributed by atoms with E-state index in [0.717, 1.165) is 12.2 Å². The summed E-state index contributed by atoms with van der Waals surface area (Å²) in [5, 5.41) is 6.35. The summed E-state index contributed by atoms with van der Waals surface area (Å²) in [7, 11) is 0. The van der Waals surface area contributed by atoms with Crippen molar-refractivity contribution in [2.75, 3.05) is 39.3 Å². The van der Waals surface area contributed by atoms with Crippen LogP contribution < -0.4 is 10.6 Å². The Bertz CT molecular complexity index is 535. The lowest BCUT2D eigenvalue weighted by Gasteiger charge is -2.19. The van der Waals surface area contributed by atoms with E-state index in [0.29, 0.717) is 51.8 Å². The van der Waals surface area contributed by atoms with Crippen molar-refractivity contribution >= 4 is 5.96 Å². The van der Waals surface area contributed by atoms with E-state index in [1.807, 2.05) is 19.1 Å². The third-order valence-electron chi connectivity index (χ3n) is 3.90. The maximum Gasteiger partial charge on any atom is 0.401 e. The molecule has 0 bridgehead atoms. The van der Waals surface area contributed by atoms with Crippen molar-refractivity contribution in [1.29, 1.82) is 0 Å². The van der Waals surface area contributed by atoms with Gasteiger partial charge < -0.3 is 19.8 Å². The molecule has 1 aromatic heterocycles. The molecule has 0 aliphatic carbocycles. The van der Waals surface area contributed by atoms with Crippen LogP contribution in [0.25, 0.3) is 0 Å². The van der Waals surface area contributed by atoms with Gasteiger partial charge in [-0.25, -0.2) is 0 Å². The molecule has 0 saturated carbocycles. The van der Waals surface area contributed by atoms with Crippen LogP contribution >= 0.6 is 0 Å². The number of halogens is 3. The van der Waals surface area contributed by atoms with Gasteiger partial charge in [-0.15, -0.1) is 0 Å². The molecule has 9 heteroatoms. The maximum atomic E-state index is 12.5. The molecule has 1 aliphatic rings. The summed E-state index contributed by atoms with van der Waals surface area (Å²) in [5.74, 6) is 1.42. The lowest BCUT2D eigenvalue weighted by Crippen LogP contribution is -2.45. The van der Waals surface area contributed by atoms with E-state index in [-0.39, 0.29) is 6.04 Å². The standard InChI is InChI=1S/C17H27F3N4O2/c1-2-21-16(22-7-4-9-25-12-15-5-3-10-26-15)23-14-6-8-24(11-14)13-17(18,19)20/h3,5,10,14H,2,4,6-9,11-13H2,1H3,(H2,21,22,23). The number of guanidine groups is 1. The first kappa shape index (κ1) is 20.6. The number of likely N-dealkylation sites (tertiary alicyclic amines) is 1. The zero-order valence-electron chi connectivity index (χ0n) is 15.0. The van der Waals surface area contributed by atoms with Gasteiger partial charge in [0.1, 0.15) is 12.4 Å². The summed E-state index contributed by atoms with van der Waals surface area (Å²) in [6.07, 6.45) is -1.12. The summed E-state index contributed by atoms with van der Waals surface area (Å²) in [4.78, 5) is 5.88. The van der Waals surface area contributed by atoms with E-state index in [1.54, 1.807) is 6.26 Å². The van der Waals surface area contributed by atoms with E-state index in [2.05, 4.69) is 15.6 Å². The Hall–Kier alpha value is -1.74. The molecule has 2 heterocycles. The minimum absolute atomic E-state index is 0.0228. The van der Waals surface area contributed by atoms with Gasteiger partial charge in [-0.1, -0.05) is 0 Å². The second-order valence-electron chi connectivity index (χ2n) is 6.23. The van der Waals surface area contributed by atoms with Gasteiger partial charge in [0.2, 0.25) is 0 Å². The summed E-state index contributed by atoms with van der Waals surface area (Å²) >= 11 is 0. The number of nitrogens with zero attached hydrogens (tertiary/aromatic N) is 2. The van der Waals surface area contributed by atoms with Crippen LogP contribution in [0.4, 0.5) is 13.2 Å². The quantitative estimate of drug-likeness (QED) is 0.394. The monoisotopic (exact) mass is 376 g/mol. The summed E-state index contributed by atoms with van der Waals surface area (Å²) in [6, 6.07) is 3.65. The third-order valence-corrected chi connectivity index (χ3v) is 3.90. The van der Waals surface area contributed by atoms with Gasteiger partial charge in [0.25, 0.3) is 0 Å². The van der Waals surface area contributed by atoms with Gasteiger partial charge in [-0.05, 0) is 31.9 Å². The Morgan fingerprint density at radius 1 is 1.46 bits per heavy atom. The molecule has 26 heavy (non-hydrogen) atoms. The van der Waals surface area contributed by atoms with Crippen LogP contribution in [-0.4, -0.2) is 62.4 Å². The molecule has 0 amide bonds. The highest BCUT2D eigenvalue weighted by Crippen LogP contribution is 2.19. The van der Waals surface area contributed by atoms with Gasteiger partial charge in [-0.3, -0.25) is 9.89 Å². The van der Waals surface area contributed by atoms with Gasteiger partial charge in [0.15, 0.2) is 5.96 Å². The topological polar surface area (TPSA) is 62.0 Å². The Labute approximate surface area is 151 Å². The van der Waals surface area contributed by atoms with Gasteiger partial charge in [-0.2, -0.15) is 13.2 Å². The SMILES string of the molecule is CCNC(=NCCCOCc1ccco1)NC1CCN(CC(F)(F)F)C1. The molecule has 1 fully saturated rings. The second-order valence-corrected chi connectivity index (χ2v) is 6.23. The van der Waals surface area contributed by atoms with Gasteiger partial charge >= 0.3 is 6.18 Å². The smallest absolute Gasteiger partial charge is 0.401 e. The van der Waals surface area contributed by atoms with Gasteiger partial charge in [0, 0.05) is 38.8 Å². The molecule has 2 rings (SSSR count). The molecular weight excluding hydrogens is 349 g/mol. The fraction of sp³-hybridized carbons (Fsp3) is 0.706. The average Bonchev–Trinajstić information content (AvgIpc) is 3.21. The number of hydrogen-bond acceptors (Lipinski definition) is 4. The van der Waals surface area contributed by atoms with Crippen molar-refractivity contribution in [2.45, 2.75) is 38.6 Å². The fourth-order valence-corrected chi connectivity index (χ4v) is 2.79. The molecule has 1 aromatic rings. The van der Waals surface area contributed by atoms with Crippen LogP contribution in [0.1, 0.15) is 25.5 Å². The molecule has 6 nitrogen and oxygen atoms in total. The van der Waals surface area contributed by atoms with Crippen molar-refractivity contribution in [1.82, 2.24) is 15.5 Å². The van der Waals surface area contributed by atoms with Crippen molar-refractivity contribution < 1.29 is 22.3 Å². The Morgan fingerprint density at radius 2 is 2.31 bits per heavy atom. The zero-order chi connectivity index (χ0) is 18.8. The van der Waals surface area contributed by atoms with Crippen molar-refractivity contribution in [3.63, 3.8) is 0 Å². The lowest BCUT2D eigenvalue weighted by molar-refractivity contribution is -0.143. The van der Waals surface area contributed by atoms with E-state index in [4.69, 9.17) is 9.15 Å². The molecule has 0 radical (unpaired) electrons. The minimum atomic E-state index is -4.15. The first-order chi connectivity index (χ1) is 12.5. The molecule has 1 unspecified atom stereocenters. The molecule has 148 valence electrons. The van der Waals surface area contributed by atoms with Crippen molar-refractivity contribution in [3.05, 3.63) is 24.2 Å². The number of rotatable bonds is 9. The predicted molar refractivity (Wildman–Crippen MR) is 93.0 cm³/mol. The average molecular weight is 376 g/mol. The van der Waals surface area contributed by atoms with Crippen LogP contribution in [0.5, 0.6) is 0 Å².